The monoisotopic (exact) mass is 362 g/mol. The number of hydrogen-bond acceptors (Lipinski definition) is 6. The second-order valence-corrected chi connectivity index (χ2v) is 9.81. The van der Waals surface area contributed by atoms with Crippen LogP contribution in [0.25, 0.3) is 16.4 Å². The zero-order chi connectivity index (χ0) is 17.5. The van der Waals surface area contributed by atoms with E-state index in [1.165, 1.54) is 22.2 Å². The van der Waals surface area contributed by atoms with E-state index in [4.69, 9.17) is 5.73 Å². The van der Waals surface area contributed by atoms with Crippen LogP contribution >= 0.6 is 11.3 Å². The Hall–Kier alpha value is -2.19. The largest absolute Gasteiger partial charge is 0.382 e. The maximum Gasteiger partial charge on any atom is 0.212 e. The fourth-order valence-corrected chi connectivity index (χ4v) is 4.14. The lowest BCUT2D eigenvalue weighted by atomic mass is 10.2. The molecule has 3 aromatic rings. The Kier molecular flexibility index (Phi) is 3.97. The number of hydrogen-bond donors (Lipinski definition) is 1. The SMILES string of the molecule is CC(C)(C)S(=O)(=O)c1cnn(-c2nc(-c3ccccc3)cs2)c1N. The molecule has 8 heteroatoms. The van der Waals surface area contributed by atoms with Gasteiger partial charge in [-0.05, 0) is 20.8 Å². The molecule has 0 aliphatic carbocycles. The molecule has 2 N–H and O–H groups in total. The summed E-state index contributed by atoms with van der Waals surface area (Å²) >= 11 is 1.36. The van der Waals surface area contributed by atoms with E-state index in [1.54, 1.807) is 20.8 Å². The molecule has 24 heavy (non-hydrogen) atoms. The van der Waals surface area contributed by atoms with Crippen molar-refractivity contribution in [1.82, 2.24) is 14.8 Å². The summed E-state index contributed by atoms with van der Waals surface area (Å²) in [4.78, 5) is 4.55. The minimum atomic E-state index is -3.57. The van der Waals surface area contributed by atoms with Crippen molar-refractivity contribution in [2.45, 2.75) is 30.4 Å². The van der Waals surface area contributed by atoms with Crippen LogP contribution in [0.3, 0.4) is 0 Å². The van der Waals surface area contributed by atoms with Crippen LogP contribution in [0.15, 0.2) is 46.8 Å². The van der Waals surface area contributed by atoms with Crippen molar-refractivity contribution in [3.05, 3.63) is 41.9 Å². The molecule has 0 spiro atoms. The third-order valence-electron chi connectivity index (χ3n) is 3.61. The van der Waals surface area contributed by atoms with Gasteiger partial charge in [-0.25, -0.2) is 13.4 Å². The number of aromatic nitrogens is 3. The van der Waals surface area contributed by atoms with Gasteiger partial charge >= 0.3 is 0 Å². The van der Waals surface area contributed by atoms with Gasteiger partial charge in [-0.1, -0.05) is 30.3 Å². The molecule has 0 unspecified atom stereocenters. The normalized spacial score (nSPS) is 12.5. The molecule has 0 aliphatic rings. The first kappa shape index (κ1) is 16.7. The van der Waals surface area contributed by atoms with Crippen LogP contribution in [-0.2, 0) is 9.84 Å². The molecule has 0 saturated heterocycles. The summed E-state index contributed by atoms with van der Waals surface area (Å²) in [7, 11) is -3.57. The third kappa shape index (κ3) is 2.71. The first-order valence-corrected chi connectivity index (χ1v) is 9.67. The van der Waals surface area contributed by atoms with Crippen LogP contribution in [0.4, 0.5) is 5.82 Å². The number of thiazole rings is 1. The quantitative estimate of drug-likeness (QED) is 0.773. The predicted octanol–water partition coefficient (Wildman–Crippen LogP) is 3.15. The number of sulfone groups is 1. The van der Waals surface area contributed by atoms with Crippen molar-refractivity contribution in [2.24, 2.45) is 0 Å². The number of rotatable bonds is 3. The average molecular weight is 362 g/mol. The highest BCUT2D eigenvalue weighted by molar-refractivity contribution is 7.92. The van der Waals surface area contributed by atoms with E-state index in [1.807, 2.05) is 35.7 Å². The van der Waals surface area contributed by atoms with Gasteiger partial charge in [-0.3, -0.25) is 0 Å². The van der Waals surface area contributed by atoms with E-state index in [2.05, 4.69) is 10.1 Å². The molecule has 0 aliphatic heterocycles. The van der Waals surface area contributed by atoms with Crippen molar-refractivity contribution in [1.29, 1.82) is 0 Å². The molecule has 6 nitrogen and oxygen atoms in total. The first-order chi connectivity index (χ1) is 11.2. The Morgan fingerprint density at radius 3 is 2.46 bits per heavy atom. The van der Waals surface area contributed by atoms with Gasteiger partial charge in [0.15, 0.2) is 9.84 Å². The molecule has 0 saturated carbocycles. The van der Waals surface area contributed by atoms with Crippen LogP contribution in [0.5, 0.6) is 0 Å². The molecule has 2 aromatic heterocycles. The molecule has 0 amide bonds. The summed E-state index contributed by atoms with van der Waals surface area (Å²) in [5.41, 5.74) is 7.83. The summed E-state index contributed by atoms with van der Waals surface area (Å²) in [5, 5.41) is 6.56. The Bertz CT molecular complexity index is 967. The van der Waals surface area contributed by atoms with Crippen molar-refractivity contribution < 1.29 is 8.42 Å². The third-order valence-corrected chi connectivity index (χ3v) is 6.93. The van der Waals surface area contributed by atoms with Crippen LogP contribution in [0.2, 0.25) is 0 Å². The van der Waals surface area contributed by atoms with Gasteiger partial charge in [0.05, 0.1) is 16.6 Å². The van der Waals surface area contributed by atoms with Crippen molar-refractivity contribution in [2.75, 3.05) is 5.73 Å². The number of nitrogens with two attached hydrogens (primary N) is 1. The zero-order valence-corrected chi connectivity index (χ0v) is 15.2. The van der Waals surface area contributed by atoms with E-state index in [0.717, 1.165) is 11.3 Å². The maximum absolute atomic E-state index is 12.6. The molecule has 0 atom stereocenters. The molecule has 126 valence electrons. The summed E-state index contributed by atoms with van der Waals surface area (Å²) < 4.78 is 25.6. The second-order valence-electron chi connectivity index (χ2n) is 6.30. The topological polar surface area (TPSA) is 90.9 Å². The molecule has 1 aromatic carbocycles. The van der Waals surface area contributed by atoms with Gasteiger partial charge in [-0.2, -0.15) is 9.78 Å². The second kappa shape index (κ2) is 5.71. The molecule has 0 radical (unpaired) electrons. The number of nitrogens with zero attached hydrogens (tertiary/aromatic N) is 3. The molecule has 2 heterocycles. The lowest BCUT2D eigenvalue weighted by Gasteiger charge is -2.18. The molecular formula is C16H18N4O2S2. The van der Waals surface area contributed by atoms with E-state index in [-0.39, 0.29) is 10.7 Å². The van der Waals surface area contributed by atoms with Gasteiger partial charge in [0.25, 0.3) is 0 Å². The Balaban J connectivity index is 2.03. The lowest BCUT2D eigenvalue weighted by molar-refractivity contribution is 0.560. The van der Waals surface area contributed by atoms with Crippen LogP contribution in [0.1, 0.15) is 20.8 Å². The number of anilines is 1. The summed E-state index contributed by atoms with van der Waals surface area (Å²) in [6.07, 6.45) is 1.29. The number of benzene rings is 1. The van der Waals surface area contributed by atoms with Crippen LogP contribution < -0.4 is 5.73 Å². The molecule has 0 fully saturated rings. The zero-order valence-electron chi connectivity index (χ0n) is 13.6. The average Bonchev–Trinajstić information content (AvgIpc) is 3.13. The minimum Gasteiger partial charge on any atom is -0.382 e. The van der Waals surface area contributed by atoms with E-state index >= 15 is 0 Å². The van der Waals surface area contributed by atoms with Gasteiger partial charge in [0.2, 0.25) is 5.13 Å². The first-order valence-electron chi connectivity index (χ1n) is 7.31. The van der Waals surface area contributed by atoms with E-state index in [0.29, 0.717) is 5.13 Å². The molecule has 3 rings (SSSR count). The van der Waals surface area contributed by atoms with Crippen LogP contribution in [0, 0.1) is 0 Å². The lowest BCUT2D eigenvalue weighted by Crippen LogP contribution is -2.28. The van der Waals surface area contributed by atoms with Crippen LogP contribution in [-0.4, -0.2) is 27.9 Å². The highest BCUT2D eigenvalue weighted by Crippen LogP contribution is 2.31. The Morgan fingerprint density at radius 1 is 1.17 bits per heavy atom. The fraction of sp³-hybridized carbons (Fsp3) is 0.250. The summed E-state index contributed by atoms with van der Waals surface area (Å²) in [5.74, 6) is 0.0823. The highest BCUT2D eigenvalue weighted by atomic mass is 32.2. The van der Waals surface area contributed by atoms with Crippen molar-refractivity contribution in [3.63, 3.8) is 0 Å². The molecule has 0 bridgehead atoms. The maximum atomic E-state index is 12.6. The highest BCUT2D eigenvalue weighted by Gasteiger charge is 2.34. The summed E-state index contributed by atoms with van der Waals surface area (Å²) in [6.45, 7) is 4.90. The van der Waals surface area contributed by atoms with E-state index in [9.17, 15) is 8.42 Å². The van der Waals surface area contributed by atoms with Crippen molar-refractivity contribution >= 4 is 27.0 Å². The Labute approximate surface area is 144 Å². The van der Waals surface area contributed by atoms with Gasteiger partial charge in [-0.15, -0.1) is 11.3 Å². The Morgan fingerprint density at radius 2 is 1.83 bits per heavy atom. The predicted molar refractivity (Wildman–Crippen MR) is 96.0 cm³/mol. The van der Waals surface area contributed by atoms with Crippen molar-refractivity contribution in [3.8, 4) is 16.4 Å². The standard InChI is InChI=1S/C16H18N4O2S2/c1-16(2,3)24(21,22)13-9-18-20(14(13)17)15-19-12(10-23-15)11-7-5-4-6-8-11/h4-10H,17H2,1-3H3. The van der Waals surface area contributed by atoms with E-state index < -0.39 is 14.6 Å². The summed E-state index contributed by atoms with van der Waals surface area (Å²) in [6, 6.07) is 9.72. The smallest absolute Gasteiger partial charge is 0.212 e. The van der Waals surface area contributed by atoms with Gasteiger partial charge in [0.1, 0.15) is 10.7 Å². The fourth-order valence-electron chi connectivity index (χ4n) is 2.14. The van der Waals surface area contributed by atoms with Gasteiger partial charge in [0, 0.05) is 10.9 Å². The minimum absolute atomic E-state index is 0.0338. The van der Waals surface area contributed by atoms with Gasteiger partial charge < -0.3 is 5.73 Å². The molecular weight excluding hydrogens is 344 g/mol. The number of nitrogen functional groups attached to an aromatic ring is 1.